The highest BCUT2D eigenvalue weighted by atomic mass is 15.2. The highest BCUT2D eigenvalue weighted by molar-refractivity contribution is 6.06. The summed E-state index contributed by atoms with van der Waals surface area (Å²) >= 11 is 0. The van der Waals surface area contributed by atoms with Crippen molar-refractivity contribution in [3.63, 3.8) is 0 Å². The molecular formula is C98H72N6. The molecule has 0 amide bonds. The Labute approximate surface area is 607 Å². The number of benzene rings is 16. The minimum absolute atomic E-state index is 1.06. The van der Waals surface area contributed by atoms with Gasteiger partial charge in [-0.1, -0.05) is 218 Å². The van der Waals surface area contributed by atoms with E-state index in [1.165, 1.54) is 66.0 Å². The minimum Gasteiger partial charge on any atom is -0.313 e. The molecule has 0 bridgehead atoms. The van der Waals surface area contributed by atoms with Crippen molar-refractivity contribution in [1.29, 1.82) is 0 Å². The molecule has 0 spiro atoms. The van der Waals surface area contributed by atoms with Crippen LogP contribution in [0.4, 0.5) is 68.2 Å². The third kappa shape index (κ3) is 11.5. The Morgan fingerprint density at radius 1 is 0.192 bits per heavy atom. The Morgan fingerprint density at radius 3 is 0.788 bits per heavy atom. The van der Waals surface area contributed by atoms with E-state index in [1.54, 1.807) is 0 Å². The van der Waals surface area contributed by atoms with Crippen LogP contribution in [-0.2, 0) is 0 Å². The molecule has 494 valence electrons. The predicted octanol–water partition coefficient (Wildman–Crippen LogP) is 27.4. The fourth-order valence-electron chi connectivity index (χ4n) is 15.7. The van der Waals surface area contributed by atoms with Crippen LogP contribution in [0.3, 0.4) is 0 Å². The number of hydrogen-bond acceptors (Lipinski definition) is 4. The first kappa shape index (κ1) is 62.6. The monoisotopic (exact) mass is 1330 g/mol. The molecule has 0 unspecified atom stereocenters. The molecule has 0 radical (unpaired) electrons. The van der Waals surface area contributed by atoms with Crippen molar-refractivity contribution in [2.75, 3.05) is 19.6 Å². The highest BCUT2D eigenvalue weighted by Gasteiger charge is 2.25. The summed E-state index contributed by atoms with van der Waals surface area (Å²) in [4.78, 5) is 9.42. The smallest absolute Gasteiger partial charge is 0.0540 e. The van der Waals surface area contributed by atoms with E-state index in [-0.39, 0.29) is 0 Å². The van der Waals surface area contributed by atoms with Gasteiger partial charge in [0, 0.05) is 112 Å². The molecule has 6 nitrogen and oxygen atoms in total. The molecule has 104 heavy (non-hydrogen) atoms. The molecule has 0 aliphatic heterocycles. The molecule has 0 atom stereocenters. The van der Waals surface area contributed by atoms with Crippen LogP contribution in [0.2, 0.25) is 0 Å². The first-order valence-corrected chi connectivity index (χ1v) is 35.6. The Kier molecular flexibility index (Phi) is 16.3. The van der Waals surface area contributed by atoms with Crippen LogP contribution in [0.25, 0.3) is 88.1 Å². The average molecular weight is 1330 g/mol. The van der Waals surface area contributed by atoms with E-state index in [9.17, 15) is 0 Å². The number of para-hydroxylation sites is 4. The summed E-state index contributed by atoms with van der Waals surface area (Å²) in [6.45, 7) is 4.54. The topological polar surface area (TPSA) is 22.8 Å². The molecule has 0 fully saturated rings. The lowest BCUT2D eigenvalue weighted by molar-refractivity contribution is 1.05. The lowest BCUT2D eigenvalue weighted by Crippen LogP contribution is -2.12. The van der Waals surface area contributed by atoms with E-state index >= 15 is 0 Å². The van der Waals surface area contributed by atoms with E-state index in [1.807, 2.05) is 0 Å². The molecule has 2 heterocycles. The van der Waals surface area contributed by atoms with Crippen molar-refractivity contribution in [3.8, 4) is 44.8 Å². The summed E-state index contributed by atoms with van der Waals surface area (Å²) in [6.07, 6.45) is 0. The summed E-state index contributed by atoms with van der Waals surface area (Å²) in [5.41, 5.74) is 26.9. The molecule has 0 N–H and O–H groups in total. The Balaban J connectivity index is 0.687. The molecule has 18 rings (SSSR count). The Morgan fingerprint density at radius 2 is 0.452 bits per heavy atom. The van der Waals surface area contributed by atoms with Gasteiger partial charge >= 0.3 is 0 Å². The third-order valence-corrected chi connectivity index (χ3v) is 20.4. The largest absolute Gasteiger partial charge is 0.313 e. The zero-order chi connectivity index (χ0) is 69.5. The van der Waals surface area contributed by atoms with Gasteiger partial charge < -0.3 is 28.7 Å². The van der Waals surface area contributed by atoms with Crippen LogP contribution in [0.5, 0.6) is 0 Å². The van der Waals surface area contributed by atoms with Crippen LogP contribution in [0, 0.1) is 13.8 Å². The molecule has 0 aliphatic carbocycles. The molecule has 6 heteroatoms. The van der Waals surface area contributed by atoms with Gasteiger partial charge in [-0.3, -0.25) is 0 Å². The van der Waals surface area contributed by atoms with Crippen LogP contribution >= 0.6 is 0 Å². The van der Waals surface area contributed by atoms with E-state index in [2.05, 4.69) is 443 Å². The summed E-state index contributed by atoms with van der Waals surface area (Å²) < 4.78 is 4.87. The highest BCUT2D eigenvalue weighted by Crippen LogP contribution is 2.47. The quantitative estimate of drug-likeness (QED) is 0.0906. The van der Waals surface area contributed by atoms with Gasteiger partial charge in [0.25, 0.3) is 0 Å². The van der Waals surface area contributed by atoms with Crippen molar-refractivity contribution in [1.82, 2.24) is 9.13 Å². The molecule has 16 aromatic carbocycles. The zero-order valence-corrected chi connectivity index (χ0v) is 57.8. The first-order valence-electron chi connectivity index (χ1n) is 35.6. The van der Waals surface area contributed by atoms with Crippen molar-refractivity contribution in [2.24, 2.45) is 0 Å². The SMILES string of the molecule is Cc1c(-c2ccccc2)c2cc(-c3ccc4c(c3)c(-c3ccccc3)c(C)n4-c3ccc(N(c4ccccc4)c4ccc(N(c5ccccc5)c5cccc6ccccc56)cc4)cc3)ccc2n1-c1ccc(N(c2ccccc2)c2ccc(N(c3ccccc3)c3cccc4ccccc34)cc2)cc1. The summed E-state index contributed by atoms with van der Waals surface area (Å²) in [7, 11) is 0. The molecule has 0 aliphatic rings. The van der Waals surface area contributed by atoms with E-state index in [4.69, 9.17) is 0 Å². The molecular weight excluding hydrogens is 1260 g/mol. The van der Waals surface area contributed by atoms with Crippen LogP contribution in [0.1, 0.15) is 11.4 Å². The molecule has 18 aromatic rings. The molecule has 0 saturated carbocycles. The Bertz CT molecular complexity index is 5690. The van der Waals surface area contributed by atoms with Crippen molar-refractivity contribution in [3.05, 3.63) is 412 Å². The minimum atomic E-state index is 1.06. The second-order valence-corrected chi connectivity index (χ2v) is 26.5. The maximum atomic E-state index is 2.44. The van der Waals surface area contributed by atoms with Gasteiger partial charge in [-0.2, -0.15) is 0 Å². The van der Waals surface area contributed by atoms with Crippen molar-refractivity contribution in [2.45, 2.75) is 13.8 Å². The van der Waals surface area contributed by atoms with Gasteiger partial charge in [0.1, 0.15) is 0 Å². The Hall–Kier alpha value is -13.7. The van der Waals surface area contributed by atoms with Gasteiger partial charge in [-0.25, -0.2) is 0 Å². The molecule has 2 aromatic heterocycles. The van der Waals surface area contributed by atoms with Gasteiger partial charge in [0.15, 0.2) is 0 Å². The van der Waals surface area contributed by atoms with Crippen LogP contribution in [-0.4, -0.2) is 9.13 Å². The normalized spacial score (nSPS) is 11.4. The maximum Gasteiger partial charge on any atom is 0.0540 e. The van der Waals surface area contributed by atoms with Gasteiger partial charge in [0.2, 0.25) is 0 Å². The summed E-state index contributed by atoms with van der Waals surface area (Å²) in [5.74, 6) is 0. The van der Waals surface area contributed by atoms with Crippen LogP contribution in [0.15, 0.2) is 400 Å². The number of aromatic nitrogens is 2. The fraction of sp³-hybridized carbons (Fsp3) is 0.0204. The lowest BCUT2D eigenvalue weighted by atomic mass is 9.96. The standard InChI is InChI=1S/C98H72N6/c1-69-97(73-29-9-3-10-30-73)91-67-75(47-65-95(91)99(69)81-49-53-83(54-50-81)101(77-35-13-5-14-36-77)85-57-61-87(62-58-85)103(79-39-17-7-18-40-79)93-45-25-33-71-27-21-23-43-89(71)93)76-48-66-96-92(68-76)98(74-31-11-4-12-32-74)70(2)100(96)82-51-55-84(56-52-82)102(78-37-15-6-16-38-78)86-59-63-88(64-60-86)104(80-41-19-8-20-42-80)94-46-26-34-72-28-22-24-44-90(72)94/h3-68H,1-2H3. The van der Waals surface area contributed by atoms with Crippen molar-refractivity contribution >= 4 is 112 Å². The van der Waals surface area contributed by atoms with E-state index < -0.39 is 0 Å². The number of fused-ring (bicyclic) bond motifs is 4. The number of hydrogen-bond donors (Lipinski definition) is 0. The van der Waals surface area contributed by atoms with Gasteiger partial charge in [-0.15, -0.1) is 0 Å². The maximum absolute atomic E-state index is 2.44. The van der Waals surface area contributed by atoms with E-state index in [0.717, 1.165) is 102 Å². The van der Waals surface area contributed by atoms with Gasteiger partial charge in [0.05, 0.1) is 22.4 Å². The number of rotatable bonds is 17. The summed E-state index contributed by atoms with van der Waals surface area (Å²) in [5, 5.41) is 7.20. The van der Waals surface area contributed by atoms with E-state index in [0.29, 0.717) is 0 Å². The third-order valence-electron chi connectivity index (χ3n) is 20.4. The second-order valence-electron chi connectivity index (χ2n) is 26.5. The van der Waals surface area contributed by atoms with Gasteiger partial charge in [-0.05, 0) is 229 Å². The lowest BCUT2D eigenvalue weighted by Gasteiger charge is -2.29. The van der Waals surface area contributed by atoms with Crippen molar-refractivity contribution < 1.29 is 0 Å². The predicted molar refractivity (Wildman–Crippen MR) is 440 cm³/mol. The molecule has 0 saturated heterocycles. The first-order chi connectivity index (χ1) is 51.5. The van der Waals surface area contributed by atoms with Crippen LogP contribution < -0.4 is 19.6 Å². The zero-order valence-electron chi connectivity index (χ0n) is 57.8. The average Bonchev–Trinajstić information content (AvgIpc) is 1.48. The summed E-state index contributed by atoms with van der Waals surface area (Å²) in [6, 6.07) is 145. The fourth-order valence-corrected chi connectivity index (χ4v) is 15.7. The number of anilines is 12. The number of nitrogens with zero attached hydrogens (tertiary/aromatic N) is 6. The second kappa shape index (κ2) is 27.1.